The molecule has 0 aliphatic rings. The van der Waals surface area contributed by atoms with E-state index >= 15 is 0 Å². The van der Waals surface area contributed by atoms with Crippen molar-refractivity contribution in [2.24, 2.45) is 0 Å². The van der Waals surface area contributed by atoms with E-state index in [1.165, 1.54) is 0 Å². The van der Waals surface area contributed by atoms with E-state index < -0.39 is 0 Å². The minimum Gasteiger partial charge on any atom is -0.451 e. The zero-order valence-electron chi connectivity index (χ0n) is 14.8. The Hall–Kier alpha value is -2.56. The van der Waals surface area contributed by atoms with Crippen LogP contribution in [0.3, 0.4) is 0 Å². The molecule has 0 fully saturated rings. The predicted molar refractivity (Wildman–Crippen MR) is 104 cm³/mol. The van der Waals surface area contributed by atoms with Crippen LogP contribution in [-0.2, 0) is 0 Å². The average Bonchev–Trinajstić information content (AvgIpc) is 3.12. The fourth-order valence-electron chi connectivity index (χ4n) is 2.78. The molecule has 0 unspecified atom stereocenters. The Morgan fingerprint density at radius 2 is 1.73 bits per heavy atom. The van der Waals surface area contributed by atoms with Gasteiger partial charge in [-0.25, -0.2) is 0 Å². The first-order valence-corrected chi connectivity index (χ1v) is 8.77. The van der Waals surface area contributed by atoms with Crippen molar-refractivity contribution in [3.05, 3.63) is 83.1 Å². The molecule has 0 radical (unpaired) electrons. The molecule has 0 aliphatic carbocycles. The summed E-state index contributed by atoms with van der Waals surface area (Å²) >= 11 is 6.20. The van der Waals surface area contributed by atoms with Crippen LogP contribution in [0.2, 0.25) is 5.02 Å². The van der Waals surface area contributed by atoms with Gasteiger partial charge in [0.15, 0.2) is 5.76 Å². The zero-order valence-corrected chi connectivity index (χ0v) is 15.5. The number of carbonyl (C=O) groups is 1. The van der Waals surface area contributed by atoms with Crippen molar-refractivity contribution >= 4 is 17.5 Å². The van der Waals surface area contributed by atoms with Crippen LogP contribution < -0.4 is 5.32 Å². The Bertz CT molecular complexity index is 874. The summed E-state index contributed by atoms with van der Waals surface area (Å²) in [5, 5.41) is 3.64. The number of hydrogen-bond donors (Lipinski definition) is 1. The van der Waals surface area contributed by atoms with Gasteiger partial charge in [-0.2, -0.15) is 0 Å². The average molecular weight is 369 g/mol. The summed E-state index contributed by atoms with van der Waals surface area (Å²) < 4.78 is 5.74. The molecule has 1 N–H and O–H groups in total. The number of carbonyl (C=O) groups excluding carboxylic acids is 1. The van der Waals surface area contributed by atoms with Crippen molar-refractivity contribution in [2.45, 2.75) is 6.04 Å². The molecule has 0 bridgehead atoms. The monoisotopic (exact) mass is 368 g/mol. The van der Waals surface area contributed by atoms with E-state index in [2.05, 4.69) is 5.32 Å². The van der Waals surface area contributed by atoms with Crippen LogP contribution in [0.4, 0.5) is 0 Å². The first-order chi connectivity index (χ1) is 12.5. The van der Waals surface area contributed by atoms with Crippen molar-refractivity contribution < 1.29 is 9.21 Å². The lowest BCUT2D eigenvalue weighted by Crippen LogP contribution is -2.35. The Balaban J connectivity index is 1.79. The number of nitrogens with one attached hydrogen (secondary N) is 1. The third-order valence-corrected chi connectivity index (χ3v) is 4.35. The zero-order chi connectivity index (χ0) is 18.5. The summed E-state index contributed by atoms with van der Waals surface area (Å²) in [5.41, 5.74) is 1.81. The number of halogens is 1. The van der Waals surface area contributed by atoms with E-state index in [1.54, 1.807) is 18.2 Å². The van der Waals surface area contributed by atoms with Crippen LogP contribution in [0.5, 0.6) is 0 Å². The van der Waals surface area contributed by atoms with Gasteiger partial charge in [-0.15, -0.1) is 0 Å². The molecule has 134 valence electrons. The number of likely N-dealkylation sites (N-methyl/N-ethyl adjacent to an activating group) is 1. The third-order valence-electron chi connectivity index (χ3n) is 4.02. The number of hydrogen-bond acceptors (Lipinski definition) is 3. The highest BCUT2D eigenvalue weighted by molar-refractivity contribution is 6.33. The third kappa shape index (κ3) is 4.34. The van der Waals surface area contributed by atoms with Crippen LogP contribution >= 0.6 is 11.6 Å². The molecule has 4 nitrogen and oxygen atoms in total. The van der Waals surface area contributed by atoms with Crippen LogP contribution in [0.15, 0.2) is 71.1 Å². The molecule has 2 aromatic carbocycles. The van der Waals surface area contributed by atoms with E-state index in [-0.39, 0.29) is 17.7 Å². The topological polar surface area (TPSA) is 45.5 Å². The summed E-state index contributed by atoms with van der Waals surface area (Å²) in [5.74, 6) is 0.586. The minimum atomic E-state index is -0.251. The molecule has 3 aromatic rings. The number of rotatable bonds is 6. The normalized spacial score (nSPS) is 12.2. The summed E-state index contributed by atoms with van der Waals surface area (Å²) in [4.78, 5) is 14.7. The minimum absolute atomic E-state index is 0.132. The summed E-state index contributed by atoms with van der Waals surface area (Å²) in [6.07, 6.45) is 0. The van der Waals surface area contributed by atoms with Crippen LogP contribution in [0.25, 0.3) is 11.3 Å². The maximum atomic E-state index is 12.7. The van der Waals surface area contributed by atoms with Gasteiger partial charge in [-0.05, 0) is 43.9 Å². The molecule has 1 aromatic heterocycles. The highest BCUT2D eigenvalue weighted by atomic mass is 35.5. The van der Waals surface area contributed by atoms with Crippen molar-refractivity contribution in [1.29, 1.82) is 0 Å². The van der Waals surface area contributed by atoms with Gasteiger partial charge in [-0.1, -0.05) is 54.1 Å². The van der Waals surface area contributed by atoms with Gasteiger partial charge in [0.1, 0.15) is 5.76 Å². The molecule has 0 saturated heterocycles. The van der Waals surface area contributed by atoms with Crippen molar-refractivity contribution in [3.63, 3.8) is 0 Å². The molecule has 1 amide bonds. The van der Waals surface area contributed by atoms with E-state index in [9.17, 15) is 4.79 Å². The molecule has 3 rings (SSSR count). The second-order valence-corrected chi connectivity index (χ2v) is 6.75. The summed E-state index contributed by atoms with van der Waals surface area (Å²) in [6.45, 7) is 0.688. The molecule has 26 heavy (non-hydrogen) atoms. The molecule has 1 heterocycles. The standard InChI is InChI=1S/C21H21ClN2O2/c1-24(2)14-18(15-8-4-3-5-9-15)23-21(25)20-13-12-19(26-20)16-10-6-7-11-17(16)22/h3-13,18H,14H2,1-2H3,(H,23,25)/t18-/m0/s1. The van der Waals surface area contributed by atoms with Crippen molar-refractivity contribution in [1.82, 2.24) is 10.2 Å². The molecular weight excluding hydrogens is 348 g/mol. The van der Waals surface area contributed by atoms with Gasteiger partial charge < -0.3 is 14.6 Å². The first-order valence-electron chi connectivity index (χ1n) is 8.40. The maximum Gasteiger partial charge on any atom is 0.287 e. The van der Waals surface area contributed by atoms with Crippen molar-refractivity contribution in [2.75, 3.05) is 20.6 Å². The number of furan rings is 1. The van der Waals surface area contributed by atoms with Gasteiger partial charge in [0.2, 0.25) is 0 Å². The number of amides is 1. The Labute approximate surface area is 158 Å². The molecule has 1 atom stereocenters. The van der Waals surface area contributed by atoms with Crippen LogP contribution in [0, 0.1) is 0 Å². The molecule has 0 spiro atoms. The summed E-state index contributed by atoms with van der Waals surface area (Å²) in [7, 11) is 3.95. The second kappa shape index (κ2) is 8.21. The Kier molecular flexibility index (Phi) is 5.76. The van der Waals surface area contributed by atoms with Gasteiger partial charge in [0.05, 0.1) is 11.1 Å². The lowest BCUT2D eigenvalue weighted by Gasteiger charge is -2.22. The largest absolute Gasteiger partial charge is 0.451 e. The van der Waals surface area contributed by atoms with Gasteiger partial charge >= 0.3 is 0 Å². The van der Waals surface area contributed by atoms with Gasteiger partial charge in [-0.3, -0.25) is 4.79 Å². The molecule has 0 saturated carbocycles. The first kappa shape index (κ1) is 18.2. The fourth-order valence-corrected chi connectivity index (χ4v) is 3.01. The molecule has 0 aliphatic heterocycles. The van der Waals surface area contributed by atoms with Crippen LogP contribution in [0.1, 0.15) is 22.2 Å². The molecular formula is C21H21ClN2O2. The van der Waals surface area contributed by atoms with E-state index in [0.29, 0.717) is 17.3 Å². The van der Waals surface area contributed by atoms with Gasteiger partial charge in [0.25, 0.3) is 5.91 Å². The predicted octanol–water partition coefficient (Wildman–Crippen LogP) is 4.63. The lowest BCUT2D eigenvalue weighted by atomic mass is 10.1. The molecule has 5 heteroatoms. The number of nitrogens with zero attached hydrogens (tertiary/aromatic N) is 1. The highest BCUT2D eigenvalue weighted by Crippen LogP contribution is 2.29. The van der Waals surface area contributed by atoms with E-state index in [0.717, 1.165) is 11.1 Å². The second-order valence-electron chi connectivity index (χ2n) is 6.34. The van der Waals surface area contributed by atoms with E-state index in [4.69, 9.17) is 16.0 Å². The lowest BCUT2D eigenvalue weighted by molar-refractivity contribution is 0.0902. The smallest absolute Gasteiger partial charge is 0.287 e. The fraction of sp³-hybridized carbons (Fsp3) is 0.190. The highest BCUT2D eigenvalue weighted by Gasteiger charge is 2.19. The van der Waals surface area contributed by atoms with Crippen LogP contribution in [-0.4, -0.2) is 31.4 Å². The maximum absolute atomic E-state index is 12.7. The Morgan fingerprint density at radius 3 is 2.42 bits per heavy atom. The quantitative estimate of drug-likeness (QED) is 0.689. The Morgan fingerprint density at radius 1 is 1.04 bits per heavy atom. The summed E-state index contributed by atoms with van der Waals surface area (Å²) in [6, 6.07) is 20.6. The number of benzene rings is 2. The SMILES string of the molecule is CN(C)C[C@H](NC(=O)c1ccc(-c2ccccc2Cl)o1)c1ccccc1. The van der Waals surface area contributed by atoms with Gasteiger partial charge in [0, 0.05) is 12.1 Å². The van der Waals surface area contributed by atoms with E-state index in [1.807, 2.05) is 67.5 Å². The van der Waals surface area contributed by atoms with Crippen molar-refractivity contribution in [3.8, 4) is 11.3 Å².